The van der Waals surface area contributed by atoms with Gasteiger partial charge in [-0.2, -0.15) is 0 Å². The highest BCUT2D eigenvalue weighted by molar-refractivity contribution is 7.80. The minimum absolute atomic E-state index is 0.0574. The molecule has 0 heterocycles. The van der Waals surface area contributed by atoms with Crippen molar-refractivity contribution in [3.05, 3.63) is 0 Å². The maximum absolute atomic E-state index is 5.25. The highest BCUT2D eigenvalue weighted by Crippen LogP contribution is 2.10. The van der Waals surface area contributed by atoms with Crippen molar-refractivity contribution >= 4 is 17.3 Å². The minimum Gasteiger partial charge on any atom is -0.363 e. The van der Waals surface area contributed by atoms with Gasteiger partial charge in [-0.15, -0.1) is 0 Å². The van der Waals surface area contributed by atoms with E-state index in [1.807, 2.05) is 0 Å². The molecule has 0 aromatic heterocycles. The predicted molar refractivity (Wildman–Crippen MR) is 95.3 cm³/mol. The molecular formula is C17H36N2S. The fourth-order valence-corrected chi connectivity index (χ4v) is 2.61. The van der Waals surface area contributed by atoms with Gasteiger partial charge in [-0.05, 0) is 39.4 Å². The molecule has 0 saturated carbocycles. The average molecular weight is 301 g/mol. The van der Waals surface area contributed by atoms with Crippen molar-refractivity contribution in [2.24, 2.45) is 0 Å². The Morgan fingerprint density at radius 3 is 1.70 bits per heavy atom. The van der Waals surface area contributed by atoms with Gasteiger partial charge in [0.2, 0.25) is 0 Å². The molecule has 0 aromatic carbocycles. The molecule has 0 fully saturated rings. The Kier molecular flexibility index (Phi) is 12.2. The molecule has 20 heavy (non-hydrogen) atoms. The lowest BCUT2D eigenvalue weighted by molar-refractivity contribution is 0.504. The second kappa shape index (κ2) is 12.4. The summed E-state index contributed by atoms with van der Waals surface area (Å²) >= 11 is 5.25. The number of hydrogen-bond acceptors (Lipinski definition) is 1. The summed E-state index contributed by atoms with van der Waals surface area (Å²) in [6.07, 6.45) is 13.8. The van der Waals surface area contributed by atoms with Crippen LogP contribution in [0.1, 0.15) is 91.9 Å². The SMILES string of the molecule is CCCCCCCCCCCCNC(=S)NC(C)(C)C. The van der Waals surface area contributed by atoms with Crippen molar-refractivity contribution < 1.29 is 0 Å². The lowest BCUT2D eigenvalue weighted by Crippen LogP contribution is -2.46. The molecule has 0 bridgehead atoms. The van der Waals surface area contributed by atoms with Crippen molar-refractivity contribution in [1.29, 1.82) is 0 Å². The van der Waals surface area contributed by atoms with Gasteiger partial charge in [-0.3, -0.25) is 0 Å². The van der Waals surface area contributed by atoms with E-state index in [4.69, 9.17) is 12.2 Å². The normalized spacial score (nSPS) is 11.4. The molecule has 0 spiro atoms. The molecule has 0 radical (unpaired) electrons. The predicted octanol–water partition coefficient (Wildman–Crippen LogP) is 5.17. The Labute approximate surface area is 132 Å². The molecular weight excluding hydrogens is 264 g/mol. The fraction of sp³-hybridized carbons (Fsp3) is 0.941. The third kappa shape index (κ3) is 15.7. The van der Waals surface area contributed by atoms with E-state index in [9.17, 15) is 0 Å². The third-order valence-corrected chi connectivity index (χ3v) is 3.55. The van der Waals surface area contributed by atoms with E-state index < -0.39 is 0 Å². The summed E-state index contributed by atoms with van der Waals surface area (Å²) in [6, 6.07) is 0. The van der Waals surface area contributed by atoms with Crippen molar-refractivity contribution in [2.45, 2.75) is 97.4 Å². The van der Waals surface area contributed by atoms with Gasteiger partial charge in [0.15, 0.2) is 5.11 Å². The first-order valence-corrected chi connectivity index (χ1v) is 8.92. The van der Waals surface area contributed by atoms with E-state index in [1.54, 1.807) is 0 Å². The van der Waals surface area contributed by atoms with E-state index in [2.05, 4.69) is 38.3 Å². The standard InChI is InChI=1S/C17H36N2S/c1-5-6-7-8-9-10-11-12-13-14-15-18-16(20)19-17(2,3)4/h5-15H2,1-4H3,(H2,18,19,20). The Morgan fingerprint density at radius 2 is 1.25 bits per heavy atom. The van der Waals surface area contributed by atoms with Gasteiger partial charge in [0.1, 0.15) is 0 Å². The fourth-order valence-electron chi connectivity index (χ4n) is 2.20. The topological polar surface area (TPSA) is 24.1 Å². The summed E-state index contributed by atoms with van der Waals surface area (Å²) in [7, 11) is 0. The van der Waals surface area contributed by atoms with E-state index >= 15 is 0 Å². The number of nitrogens with one attached hydrogen (secondary N) is 2. The van der Waals surface area contributed by atoms with Gasteiger partial charge in [0, 0.05) is 12.1 Å². The van der Waals surface area contributed by atoms with Crippen molar-refractivity contribution in [1.82, 2.24) is 10.6 Å². The summed E-state index contributed by atoms with van der Waals surface area (Å²) < 4.78 is 0. The van der Waals surface area contributed by atoms with E-state index in [1.165, 1.54) is 64.2 Å². The van der Waals surface area contributed by atoms with Crippen LogP contribution in [-0.4, -0.2) is 17.2 Å². The zero-order valence-electron chi connectivity index (χ0n) is 14.2. The zero-order chi connectivity index (χ0) is 15.3. The van der Waals surface area contributed by atoms with E-state index in [0.717, 1.165) is 11.7 Å². The third-order valence-electron chi connectivity index (χ3n) is 3.30. The molecule has 3 heteroatoms. The van der Waals surface area contributed by atoms with E-state index in [-0.39, 0.29) is 5.54 Å². The number of thiocarbonyl (C=S) groups is 1. The zero-order valence-corrected chi connectivity index (χ0v) is 15.0. The summed E-state index contributed by atoms with van der Waals surface area (Å²) in [5.74, 6) is 0. The second-order valence-corrected chi connectivity index (χ2v) is 7.22. The first kappa shape index (κ1) is 19.7. The summed E-state index contributed by atoms with van der Waals surface area (Å²) in [5.41, 5.74) is 0.0574. The summed E-state index contributed by atoms with van der Waals surface area (Å²) in [5, 5.41) is 7.35. The molecule has 0 atom stereocenters. The first-order valence-electron chi connectivity index (χ1n) is 8.51. The maximum atomic E-state index is 5.25. The van der Waals surface area contributed by atoms with Crippen LogP contribution in [0, 0.1) is 0 Å². The molecule has 0 aromatic rings. The van der Waals surface area contributed by atoms with E-state index in [0.29, 0.717) is 0 Å². The van der Waals surface area contributed by atoms with Gasteiger partial charge in [-0.25, -0.2) is 0 Å². The van der Waals surface area contributed by atoms with Gasteiger partial charge in [-0.1, -0.05) is 64.7 Å². The molecule has 0 rings (SSSR count). The summed E-state index contributed by atoms with van der Waals surface area (Å²) in [6.45, 7) is 9.65. The lowest BCUT2D eigenvalue weighted by Gasteiger charge is -2.23. The molecule has 120 valence electrons. The molecule has 2 nitrogen and oxygen atoms in total. The van der Waals surface area contributed by atoms with Crippen LogP contribution in [0.2, 0.25) is 0 Å². The highest BCUT2D eigenvalue weighted by atomic mass is 32.1. The minimum atomic E-state index is 0.0574. The van der Waals surface area contributed by atoms with Crippen LogP contribution in [0.4, 0.5) is 0 Å². The smallest absolute Gasteiger partial charge is 0.166 e. The second-order valence-electron chi connectivity index (χ2n) is 6.81. The van der Waals surface area contributed by atoms with Crippen LogP contribution in [0.15, 0.2) is 0 Å². The van der Waals surface area contributed by atoms with Crippen LogP contribution in [0.3, 0.4) is 0 Å². The summed E-state index contributed by atoms with van der Waals surface area (Å²) in [4.78, 5) is 0. The molecule has 0 unspecified atom stereocenters. The molecule has 0 aliphatic rings. The van der Waals surface area contributed by atoms with Gasteiger partial charge in [0.05, 0.1) is 0 Å². The van der Waals surface area contributed by atoms with Crippen molar-refractivity contribution in [3.8, 4) is 0 Å². The number of hydrogen-bond donors (Lipinski definition) is 2. The molecule has 0 aliphatic heterocycles. The Bertz CT molecular complexity index is 234. The lowest BCUT2D eigenvalue weighted by atomic mass is 10.1. The number of unbranched alkanes of at least 4 members (excludes halogenated alkanes) is 9. The molecule has 0 saturated heterocycles. The molecule has 0 aliphatic carbocycles. The monoisotopic (exact) mass is 300 g/mol. The highest BCUT2D eigenvalue weighted by Gasteiger charge is 2.09. The Balaban J connectivity index is 3.19. The van der Waals surface area contributed by atoms with Crippen LogP contribution >= 0.6 is 12.2 Å². The largest absolute Gasteiger partial charge is 0.363 e. The first-order chi connectivity index (χ1) is 9.45. The van der Waals surface area contributed by atoms with Crippen LogP contribution in [-0.2, 0) is 0 Å². The Hall–Kier alpha value is -0.310. The quantitative estimate of drug-likeness (QED) is 0.406. The van der Waals surface area contributed by atoms with Gasteiger partial charge >= 0.3 is 0 Å². The van der Waals surface area contributed by atoms with Crippen LogP contribution < -0.4 is 10.6 Å². The average Bonchev–Trinajstić information content (AvgIpc) is 2.34. The molecule has 0 amide bonds. The van der Waals surface area contributed by atoms with Gasteiger partial charge in [0.25, 0.3) is 0 Å². The molecule has 2 N–H and O–H groups in total. The van der Waals surface area contributed by atoms with Crippen LogP contribution in [0.25, 0.3) is 0 Å². The van der Waals surface area contributed by atoms with Crippen LogP contribution in [0.5, 0.6) is 0 Å². The van der Waals surface area contributed by atoms with Crippen molar-refractivity contribution in [2.75, 3.05) is 6.54 Å². The maximum Gasteiger partial charge on any atom is 0.166 e. The van der Waals surface area contributed by atoms with Gasteiger partial charge < -0.3 is 10.6 Å². The number of rotatable bonds is 11. The Morgan fingerprint density at radius 1 is 0.800 bits per heavy atom. The van der Waals surface area contributed by atoms with Crippen molar-refractivity contribution in [3.63, 3.8) is 0 Å².